The fourth-order valence-corrected chi connectivity index (χ4v) is 1.46. The van der Waals surface area contributed by atoms with Gasteiger partial charge >= 0.3 is 0 Å². The lowest BCUT2D eigenvalue weighted by atomic mass is 10.3. The minimum atomic E-state index is 0.116. The van der Waals surface area contributed by atoms with Gasteiger partial charge in [-0.2, -0.15) is 5.26 Å². The zero-order valence-corrected chi connectivity index (χ0v) is 7.21. The number of thioether (sulfide) groups is 1. The van der Waals surface area contributed by atoms with Gasteiger partial charge < -0.3 is 5.11 Å². The fraction of sp³-hybridized carbons (Fsp3) is 0.250. The van der Waals surface area contributed by atoms with Crippen molar-refractivity contribution in [1.82, 2.24) is 4.98 Å². The molecular formula is C8H8N2OS. The van der Waals surface area contributed by atoms with Crippen LogP contribution in [-0.2, 0) is 0 Å². The largest absolute Gasteiger partial charge is 0.396 e. The van der Waals surface area contributed by atoms with Crippen LogP contribution in [0, 0.1) is 11.3 Å². The van der Waals surface area contributed by atoms with Crippen molar-refractivity contribution < 1.29 is 5.11 Å². The van der Waals surface area contributed by atoms with Gasteiger partial charge in [0.25, 0.3) is 0 Å². The summed E-state index contributed by atoms with van der Waals surface area (Å²) in [6.45, 7) is 0.116. The van der Waals surface area contributed by atoms with Crippen LogP contribution in [0.4, 0.5) is 0 Å². The van der Waals surface area contributed by atoms with E-state index >= 15 is 0 Å². The summed E-state index contributed by atoms with van der Waals surface area (Å²) in [5, 5.41) is 17.2. The molecule has 0 unspecified atom stereocenters. The molecule has 1 rings (SSSR count). The molecule has 1 aromatic rings. The minimum Gasteiger partial charge on any atom is -0.396 e. The van der Waals surface area contributed by atoms with Crippen LogP contribution < -0.4 is 0 Å². The summed E-state index contributed by atoms with van der Waals surface area (Å²) in [5.74, 6) is 0.598. The molecule has 4 heteroatoms. The Morgan fingerprint density at radius 3 is 3.17 bits per heavy atom. The van der Waals surface area contributed by atoms with Crippen molar-refractivity contribution in [3.05, 3.63) is 24.0 Å². The zero-order valence-electron chi connectivity index (χ0n) is 6.40. The Balaban J connectivity index is 2.77. The van der Waals surface area contributed by atoms with E-state index < -0.39 is 0 Å². The third-order valence-corrected chi connectivity index (χ3v) is 2.28. The molecule has 1 N–H and O–H groups in total. The molecule has 0 bridgehead atoms. The van der Waals surface area contributed by atoms with Gasteiger partial charge in [0.2, 0.25) is 0 Å². The molecule has 0 spiro atoms. The highest BCUT2D eigenvalue weighted by Crippen LogP contribution is 2.19. The molecule has 3 nitrogen and oxygen atoms in total. The molecule has 62 valence electrons. The lowest BCUT2D eigenvalue weighted by molar-refractivity contribution is 0.322. The van der Waals surface area contributed by atoms with Crippen LogP contribution in [0.15, 0.2) is 23.4 Å². The third-order valence-electron chi connectivity index (χ3n) is 1.25. The first-order valence-corrected chi connectivity index (χ1v) is 4.45. The lowest BCUT2D eigenvalue weighted by Gasteiger charge is -1.99. The van der Waals surface area contributed by atoms with Crippen LogP contribution in [0.3, 0.4) is 0 Å². The predicted octanol–water partition coefficient (Wildman–Crippen LogP) is 1.04. The average Bonchev–Trinajstić information content (AvgIpc) is 2.15. The van der Waals surface area contributed by atoms with E-state index in [2.05, 4.69) is 11.1 Å². The van der Waals surface area contributed by atoms with Gasteiger partial charge in [-0.05, 0) is 6.07 Å². The monoisotopic (exact) mass is 180 g/mol. The first-order valence-electron chi connectivity index (χ1n) is 3.46. The average molecular weight is 180 g/mol. The topological polar surface area (TPSA) is 56.9 Å². The Morgan fingerprint density at radius 2 is 2.50 bits per heavy atom. The van der Waals surface area contributed by atoms with Gasteiger partial charge in [0, 0.05) is 23.0 Å². The maximum atomic E-state index is 8.66. The van der Waals surface area contributed by atoms with Crippen LogP contribution in [0.2, 0.25) is 0 Å². The van der Waals surface area contributed by atoms with Gasteiger partial charge in [-0.3, -0.25) is 4.98 Å². The van der Waals surface area contributed by atoms with Crippen molar-refractivity contribution in [1.29, 1.82) is 5.26 Å². The number of nitrogens with zero attached hydrogens (tertiary/aromatic N) is 2. The maximum absolute atomic E-state index is 8.66. The SMILES string of the molecule is N#Cc1ccncc1SCCO. The first kappa shape index (κ1) is 9.04. The highest BCUT2D eigenvalue weighted by atomic mass is 32.2. The lowest BCUT2D eigenvalue weighted by Crippen LogP contribution is -1.88. The van der Waals surface area contributed by atoms with Crippen molar-refractivity contribution in [3.63, 3.8) is 0 Å². The van der Waals surface area contributed by atoms with Crippen LogP contribution in [0.25, 0.3) is 0 Å². The molecule has 0 aromatic carbocycles. The number of nitriles is 1. The molecule has 0 fully saturated rings. The molecule has 0 aliphatic carbocycles. The standard InChI is InChI=1S/C8H8N2OS/c9-5-7-1-2-10-6-8(7)12-4-3-11/h1-2,6,11H,3-4H2. The number of pyridine rings is 1. The Labute approximate surface area is 75.1 Å². The molecule has 0 saturated carbocycles. The van der Waals surface area contributed by atoms with Crippen molar-refractivity contribution in [2.24, 2.45) is 0 Å². The van der Waals surface area contributed by atoms with Crippen LogP contribution in [-0.4, -0.2) is 22.5 Å². The van der Waals surface area contributed by atoms with E-state index in [1.165, 1.54) is 11.8 Å². The van der Waals surface area contributed by atoms with E-state index in [9.17, 15) is 0 Å². The minimum absolute atomic E-state index is 0.116. The van der Waals surface area contributed by atoms with Gasteiger partial charge in [0.15, 0.2) is 0 Å². The van der Waals surface area contributed by atoms with E-state index in [1.54, 1.807) is 18.5 Å². The van der Waals surface area contributed by atoms with E-state index in [-0.39, 0.29) is 6.61 Å². The maximum Gasteiger partial charge on any atom is 0.100 e. The summed E-state index contributed by atoms with van der Waals surface area (Å²) in [7, 11) is 0. The number of rotatable bonds is 3. The molecule has 0 amide bonds. The zero-order chi connectivity index (χ0) is 8.81. The van der Waals surface area contributed by atoms with Crippen molar-refractivity contribution in [2.45, 2.75) is 4.90 Å². The van der Waals surface area contributed by atoms with Crippen LogP contribution in [0.1, 0.15) is 5.56 Å². The summed E-state index contributed by atoms with van der Waals surface area (Å²) in [4.78, 5) is 4.72. The summed E-state index contributed by atoms with van der Waals surface area (Å²) in [5.41, 5.74) is 0.614. The Bertz CT molecular complexity index is 295. The smallest absolute Gasteiger partial charge is 0.100 e. The second-order valence-corrected chi connectivity index (χ2v) is 3.19. The van der Waals surface area contributed by atoms with Crippen LogP contribution in [0.5, 0.6) is 0 Å². The van der Waals surface area contributed by atoms with Crippen molar-refractivity contribution >= 4 is 11.8 Å². The number of aliphatic hydroxyl groups excluding tert-OH is 1. The molecule has 0 radical (unpaired) electrons. The van der Waals surface area contributed by atoms with Gasteiger partial charge in [-0.15, -0.1) is 11.8 Å². The molecule has 12 heavy (non-hydrogen) atoms. The summed E-state index contributed by atoms with van der Waals surface area (Å²) < 4.78 is 0. The van der Waals surface area contributed by atoms with E-state index in [0.29, 0.717) is 11.3 Å². The second kappa shape index (κ2) is 4.75. The molecule has 1 aromatic heterocycles. The normalized spacial score (nSPS) is 9.33. The van der Waals surface area contributed by atoms with Crippen LogP contribution >= 0.6 is 11.8 Å². The van der Waals surface area contributed by atoms with Gasteiger partial charge in [-0.25, -0.2) is 0 Å². The first-order chi connectivity index (χ1) is 5.88. The fourth-order valence-electron chi connectivity index (χ4n) is 0.743. The second-order valence-electron chi connectivity index (χ2n) is 2.06. The predicted molar refractivity (Wildman–Crippen MR) is 46.8 cm³/mol. The number of aromatic nitrogens is 1. The van der Waals surface area contributed by atoms with Gasteiger partial charge in [-0.1, -0.05) is 0 Å². The quantitative estimate of drug-likeness (QED) is 0.706. The summed E-state index contributed by atoms with van der Waals surface area (Å²) in [6, 6.07) is 3.73. The molecule has 0 saturated heterocycles. The summed E-state index contributed by atoms with van der Waals surface area (Å²) >= 11 is 1.44. The number of hydrogen-bond donors (Lipinski definition) is 1. The highest BCUT2D eigenvalue weighted by Gasteiger charge is 2.00. The summed E-state index contributed by atoms with van der Waals surface area (Å²) in [6.07, 6.45) is 3.22. The Hall–Kier alpha value is -1.05. The third kappa shape index (κ3) is 2.22. The number of hydrogen-bond acceptors (Lipinski definition) is 4. The van der Waals surface area contributed by atoms with E-state index in [1.807, 2.05) is 0 Å². The molecule has 0 aliphatic heterocycles. The van der Waals surface area contributed by atoms with Crippen molar-refractivity contribution in [3.8, 4) is 6.07 Å². The molecule has 0 atom stereocenters. The number of aliphatic hydroxyl groups is 1. The van der Waals surface area contributed by atoms with E-state index in [4.69, 9.17) is 10.4 Å². The van der Waals surface area contributed by atoms with Crippen molar-refractivity contribution in [2.75, 3.05) is 12.4 Å². The highest BCUT2D eigenvalue weighted by molar-refractivity contribution is 7.99. The Morgan fingerprint density at radius 1 is 1.67 bits per heavy atom. The molecule has 1 heterocycles. The van der Waals surface area contributed by atoms with Gasteiger partial charge in [0.05, 0.1) is 12.2 Å². The Kier molecular flexibility index (Phi) is 3.58. The van der Waals surface area contributed by atoms with Gasteiger partial charge in [0.1, 0.15) is 6.07 Å². The molecule has 0 aliphatic rings. The van der Waals surface area contributed by atoms with E-state index in [0.717, 1.165) is 4.90 Å². The molecular weight excluding hydrogens is 172 g/mol.